The minimum Gasteiger partial charge on any atom is -0.0654 e. The maximum atomic E-state index is 2.62. The quantitative estimate of drug-likeness (QED) is 0.313. The lowest BCUT2D eigenvalue weighted by Crippen LogP contribution is -2.29. The number of hydrogen-bond donors (Lipinski definition) is 0. The molecule has 0 spiro atoms. The van der Waals surface area contributed by atoms with Crippen molar-refractivity contribution >= 4 is 0 Å². The van der Waals surface area contributed by atoms with Gasteiger partial charge in [0.25, 0.3) is 0 Å². The minimum absolute atomic E-state index is 0.731. The molecule has 1 aromatic rings. The highest BCUT2D eigenvalue weighted by molar-refractivity contribution is 5.28. The second-order valence-corrected chi connectivity index (χ2v) is 13.4. The average molecular weight is 479 g/mol. The Hall–Kier alpha value is -0.780. The van der Waals surface area contributed by atoms with Gasteiger partial charge in [0.1, 0.15) is 0 Å². The predicted octanol–water partition coefficient (Wildman–Crippen LogP) is 11.3. The van der Waals surface area contributed by atoms with E-state index < -0.39 is 0 Å². The SMILES string of the molecule is CCCC[C@H]1CC[C@H](c2ccc(C(C)C3CCC(C(C)C4CCC(CCC)CC4)CC3)cc2)CC1. The molecule has 198 valence electrons. The van der Waals surface area contributed by atoms with Crippen molar-refractivity contribution in [1.82, 2.24) is 0 Å². The van der Waals surface area contributed by atoms with E-state index in [9.17, 15) is 0 Å². The van der Waals surface area contributed by atoms with Gasteiger partial charge in [0.15, 0.2) is 0 Å². The fourth-order valence-corrected chi connectivity index (χ4v) is 8.59. The molecule has 0 radical (unpaired) electrons. The van der Waals surface area contributed by atoms with E-state index >= 15 is 0 Å². The first kappa shape index (κ1) is 27.3. The third kappa shape index (κ3) is 7.38. The van der Waals surface area contributed by atoms with Gasteiger partial charge in [0.2, 0.25) is 0 Å². The van der Waals surface area contributed by atoms with Crippen LogP contribution in [-0.2, 0) is 0 Å². The van der Waals surface area contributed by atoms with Crippen LogP contribution in [0.4, 0.5) is 0 Å². The van der Waals surface area contributed by atoms with Gasteiger partial charge in [0.05, 0.1) is 0 Å². The molecule has 0 N–H and O–H groups in total. The third-order valence-electron chi connectivity index (χ3n) is 11.3. The molecular formula is C35H58. The molecule has 2 unspecified atom stereocenters. The highest BCUT2D eigenvalue weighted by Crippen LogP contribution is 2.45. The van der Waals surface area contributed by atoms with E-state index in [0.29, 0.717) is 0 Å². The zero-order valence-corrected chi connectivity index (χ0v) is 23.9. The fraction of sp³-hybridized carbons (Fsp3) is 0.829. The maximum absolute atomic E-state index is 2.62. The zero-order chi connectivity index (χ0) is 24.6. The number of hydrogen-bond acceptors (Lipinski definition) is 0. The molecule has 0 aromatic heterocycles. The minimum atomic E-state index is 0.731. The van der Waals surface area contributed by atoms with Crippen LogP contribution >= 0.6 is 0 Å². The van der Waals surface area contributed by atoms with E-state index in [1.54, 1.807) is 11.1 Å². The van der Waals surface area contributed by atoms with Gasteiger partial charge in [-0.15, -0.1) is 0 Å². The van der Waals surface area contributed by atoms with Crippen LogP contribution in [0.3, 0.4) is 0 Å². The van der Waals surface area contributed by atoms with Crippen LogP contribution < -0.4 is 0 Å². The molecule has 35 heavy (non-hydrogen) atoms. The number of rotatable bonds is 10. The van der Waals surface area contributed by atoms with Crippen LogP contribution in [0.1, 0.15) is 160 Å². The van der Waals surface area contributed by atoms with Gasteiger partial charge in [-0.1, -0.05) is 96.9 Å². The van der Waals surface area contributed by atoms with Crippen molar-refractivity contribution in [3.63, 3.8) is 0 Å². The van der Waals surface area contributed by atoms with E-state index in [-0.39, 0.29) is 0 Å². The second kappa shape index (κ2) is 13.7. The first-order valence-corrected chi connectivity index (χ1v) is 16.2. The molecule has 0 heterocycles. The number of unbranched alkanes of at least 4 members (excludes halogenated alkanes) is 1. The highest BCUT2D eigenvalue weighted by Gasteiger charge is 2.33. The predicted molar refractivity (Wildman–Crippen MR) is 154 cm³/mol. The molecule has 3 aliphatic carbocycles. The molecule has 0 bridgehead atoms. The molecule has 4 rings (SSSR count). The zero-order valence-electron chi connectivity index (χ0n) is 23.9. The summed E-state index contributed by atoms with van der Waals surface area (Å²) in [7, 11) is 0. The first-order valence-electron chi connectivity index (χ1n) is 16.2. The Morgan fingerprint density at radius 2 is 1.11 bits per heavy atom. The van der Waals surface area contributed by atoms with Gasteiger partial charge in [-0.05, 0) is 123 Å². The Morgan fingerprint density at radius 1 is 0.600 bits per heavy atom. The molecule has 0 nitrogen and oxygen atoms in total. The summed E-state index contributed by atoms with van der Waals surface area (Å²) in [6, 6.07) is 10.0. The van der Waals surface area contributed by atoms with E-state index in [0.717, 1.165) is 47.3 Å². The van der Waals surface area contributed by atoms with E-state index in [1.165, 1.54) is 109 Å². The monoisotopic (exact) mass is 478 g/mol. The van der Waals surface area contributed by atoms with Crippen LogP contribution in [0.2, 0.25) is 0 Å². The van der Waals surface area contributed by atoms with Crippen LogP contribution in [0.15, 0.2) is 24.3 Å². The Kier molecular flexibility index (Phi) is 10.7. The van der Waals surface area contributed by atoms with Crippen molar-refractivity contribution in [2.75, 3.05) is 0 Å². The van der Waals surface area contributed by atoms with Gasteiger partial charge < -0.3 is 0 Å². The van der Waals surface area contributed by atoms with Gasteiger partial charge in [-0.25, -0.2) is 0 Å². The highest BCUT2D eigenvalue weighted by atomic mass is 14.4. The molecule has 1 aromatic carbocycles. The normalized spacial score (nSPS) is 33.8. The van der Waals surface area contributed by atoms with Crippen molar-refractivity contribution in [3.8, 4) is 0 Å². The van der Waals surface area contributed by atoms with Crippen LogP contribution in [0.25, 0.3) is 0 Å². The van der Waals surface area contributed by atoms with Gasteiger partial charge in [-0.3, -0.25) is 0 Å². The maximum Gasteiger partial charge on any atom is -0.0162 e. The molecule has 0 heteroatoms. The van der Waals surface area contributed by atoms with Gasteiger partial charge in [0, 0.05) is 0 Å². The van der Waals surface area contributed by atoms with E-state index in [4.69, 9.17) is 0 Å². The lowest BCUT2D eigenvalue weighted by molar-refractivity contribution is 0.118. The Bertz CT molecular complexity index is 692. The first-order chi connectivity index (χ1) is 17.1. The summed E-state index contributed by atoms with van der Waals surface area (Å²) in [5.74, 6) is 7.51. The summed E-state index contributed by atoms with van der Waals surface area (Å²) in [5.41, 5.74) is 3.23. The smallest absolute Gasteiger partial charge is 0.0162 e. The lowest BCUT2D eigenvalue weighted by atomic mass is 9.65. The molecule has 3 fully saturated rings. The second-order valence-electron chi connectivity index (χ2n) is 13.4. The molecule has 0 aliphatic heterocycles. The summed E-state index contributed by atoms with van der Waals surface area (Å²) in [5, 5.41) is 0. The summed E-state index contributed by atoms with van der Waals surface area (Å²) in [6.45, 7) is 9.84. The summed E-state index contributed by atoms with van der Waals surface area (Å²) >= 11 is 0. The molecule has 0 saturated heterocycles. The van der Waals surface area contributed by atoms with Crippen molar-refractivity contribution in [1.29, 1.82) is 0 Å². The fourth-order valence-electron chi connectivity index (χ4n) is 8.59. The topological polar surface area (TPSA) is 0 Å². The van der Waals surface area contributed by atoms with Crippen LogP contribution in [0, 0.1) is 35.5 Å². The van der Waals surface area contributed by atoms with Crippen LogP contribution in [0.5, 0.6) is 0 Å². The largest absolute Gasteiger partial charge is 0.0654 e. The molecular weight excluding hydrogens is 420 g/mol. The van der Waals surface area contributed by atoms with Gasteiger partial charge >= 0.3 is 0 Å². The van der Waals surface area contributed by atoms with Crippen molar-refractivity contribution in [3.05, 3.63) is 35.4 Å². The summed E-state index contributed by atoms with van der Waals surface area (Å²) < 4.78 is 0. The standard InChI is InChI=1S/C35H58/c1-5-7-9-29-12-16-34(17-13-29)35-24-22-33(23-25-35)27(4)32-20-18-31(19-21-32)26(3)30-14-10-28(8-6-2)11-15-30/h22-32,34H,5-21H2,1-4H3/t26?,27?,28?,29-,30?,31?,32?,34-. The Morgan fingerprint density at radius 3 is 1.69 bits per heavy atom. The summed E-state index contributed by atoms with van der Waals surface area (Å²) in [4.78, 5) is 0. The average Bonchev–Trinajstić information content (AvgIpc) is 2.92. The van der Waals surface area contributed by atoms with Crippen LogP contribution in [-0.4, -0.2) is 0 Å². The molecule has 3 aliphatic rings. The summed E-state index contributed by atoms with van der Waals surface area (Å²) in [6.07, 6.45) is 24.9. The van der Waals surface area contributed by atoms with Crippen molar-refractivity contribution in [2.24, 2.45) is 35.5 Å². The van der Waals surface area contributed by atoms with E-state index in [2.05, 4.69) is 52.0 Å². The Labute approximate surface area is 219 Å². The number of benzene rings is 1. The van der Waals surface area contributed by atoms with Crippen molar-refractivity contribution in [2.45, 2.75) is 149 Å². The van der Waals surface area contributed by atoms with E-state index in [1.807, 2.05) is 0 Å². The Balaban J connectivity index is 1.21. The third-order valence-corrected chi connectivity index (χ3v) is 11.3. The lowest BCUT2D eigenvalue weighted by Gasteiger charge is -2.40. The molecule has 2 atom stereocenters. The van der Waals surface area contributed by atoms with Crippen molar-refractivity contribution < 1.29 is 0 Å². The van der Waals surface area contributed by atoms with Gasteiger partial charge in [-0.2, -0.15) is 0 Å². The molecule has 0 amide bonds. The molecule has 3 saturated carbocycles.